The average Bonchev–Trinajstić information content (AvgIpc) is 3.72. The minimum Gasteiger partial charge on any atom is -0.493 e. The molecule has 1 aromatic heterocycles. The number of fused-ring (bicyclic) bond motifs is 1. The fraction of sp³-hybridized carbons (Fsp3) is 0.265. The molecule has 63 heavy (non-hydrogen) atoms. The number of nitrogens with zero attached hydrogens (tertiary/aromatic N) is 1. The molecule has 330 valence electrons. The largest absolute Gasteiger partial charge is 0.493 e. The summed E-state index contributed by atoms with van der Waals surface area (Å²) in [4.78, 5) is 38.3. The predicted octanol–water partition coefficient (Wildman–Crippen LogP) is 9.52. The number of nitriles is 1. The van der Waals surface area contributed by atoms with Crippen LogP contribution in [0.4, 0.5) is 15.8 Å². The van der Waals surface area contributed by atoms with E-state index in [1.54, 1.807) is 50.6 Å². The van der Waals surface area contributed by atoms with Gasteiger partial charge in [-0.1, -0.05) is 39.0 Å². The number of aromatic amines is 1. The van der Waals surface area contributed by atoms with E-state index >= 15 is 0 Å². The Labute approximate surface area is 366 Å². The number of carboxylic acid groups (broad SMARTS) is 1. The third kappa shape index (κ3) is 12.1. The standard InChI is InChI=1S/C21H24N2O3.C19H24N2O3.C9H6FNO2/c1-6-14-11-16(8-9-17(14)21(2,3)13-22)23-20(24)15-7-10-18(25-4)19(12-15)26-5;1-19(2,12-20)14-6-8-15(9-7-14)21-18(22)13-5-10-16(23-3)17(11-13)24-4;10-5-1-2-8-6(3-5)7(4-11-8)9(12)13/h7-12H,6H2,1-5H3,(H,23,24);5-11H,12,20H2,1-4H3,(H,21,22);1-4,11H,(H,12,13). The minimum absolute atomic E-state index is 0.0914. The van der Waals surface area contributed by atoms with E-state index in [9.17, 15) is 24.0 Å². The van der Waals surface area contributed by atoms with Gasteiger partial charge in [-0.25, -0.2) is 9.18 Å². The Kier molecular flexibility index (Phi) is 16.4. The zero-order chi connectivity index (χ0) is 46.5. The second kappa shape index (κ2) is 21.4. The van der Waals surface area contributed by atoms with Crippen molar-refractivity contribution in [2.24, 2.45) is 5.73 Å². The van der Waals surface area contributed by atoms with Crippen LogP contribution in [0.3, 0.4) is 0 Å². The molecule has 0 aliphatic rings. The monoisotopic (exact) mass is 859 g/mol. The molecule has 0 radical (unpaired) electrons. The van der Waals surface area contributed by atoms with Crippen molar-refractivity contribution >= 4 is 40.1 Å². The first-order chi connectivity index (χ1) is 29.9. The Morgan fingerprint density at radius 3 is 1.73 bits per heavy atom. The number of nitrogens with one attached hydrogen (secondary N) is 3. The molecular weight excluding hydrogens is 806 g/mol. The van der Waals surface area contributed by atoms with Crippen LogP contribution in [0.25, 0.3) is 10.9 Å². The van der Waals surface area contributed by atoms with E-state index in [2.05, 4.69) is 35.5 Å². The second-order valence-corrected chi connectivity index (χ2v) is 15.4. The average molecular weight is 860 g/mol. The summed E-state index contributed by atoms with van der Waals surface area (Å²) < 4.78 is 33.6. The molecule has 13 nitrogen and oxygen atoms in total. The maximum Gasteiger partial charge on any atom is 0.337 e. The van der Waals surface area contributed by atoms with Crippen LogP contribution >= 0.6 is 0 Å². The number of hydrogen-bond acceptors (Lipinski definition) is 9. The lowest BCUT2D eigenvalue weighted by molar-refractivity contribution is 0.0698. The number of carbonyl (C=O) groups is 3. The van der Waals surface area contributed by atoms with Crippen LogP contribution in [0.15, 0.2) is 103 Å². The number of anilines is 2. The number of amides is 2. The topological polar surface area (TPSA) is 198 Å². The van der Waals surface area contributed by atoms with Crippen LogP contribution in [-0.4, -0.2) is 62.9 Å². The number of ether oxygens (including phenoxy) is 4. The van der Waals surface area contributed by atoms with E-state index in [1.165, 1.54) is 38.6 Å². The Morgan fingerprint density at radius 2 is 1.25 bits per heavy atom. The van der Waals surface area contributed by atoms with Gasteiger partial charge < -0.3 is 45.4 Å². The van der Waals surface area contributed by atoms with Crippen molar-refractivity contribution in [2.75, 3.05) is 45.6 Å². The van der Waals surface area contributed by atoms with Crippen LogP contribution in [0.1, 0.15) is 82.4 Å². The Hall–Kier alpha value is -7.37. The van der Waals surface area contributed by atoms with Gasteiger partial charge >= 0.3 is 5.97 Å². The van der Waals surface area contributed by atoms with Gasteiger partial charge in [0.05, 0.1) is 45.5 Å². The van der Waals surface area contributed by atoms with Gasteiger partial charge in [0.1, 0.15) is 5.82 Å². The lowest BCUT2D eigenvalue weighted by atomic mass is 9.82. The molecule has 1 heterocycles. The number of nitrogens with two attached hydrogens (primary N) is 1. The zero-order valence-corrected chi connectivity index (χ0v) is 36.9. The number of halogens is 1. The normalized spacial score (nSPS) is 10.8. The van der Waals surface area contributed by atoms with Crippen LogP contribution in [0.5, 0.6) is 23.0 Å². The molecule has 6 aromatic rings. The fourth-order valence-electron chi connectivity index (χ4n) is 6.39. The first kappa shape index (κ1) is 48.3. The highest BCUT2D eigenvalue weighted by atomic mass is 19.1. The maximum absolute atomic E-state index is 12.8. The maximum atomic E-state index is 12.8. The van der Waals surface area contributed by atoms with Crippen molar-refractivity contribution in [3.63, 3.8) is 0 Å². The molecule has 0 saturated heterocycles. The van der Waals surface area contributed by atoms with Gasteiger partial charge in [0.15, 0.2) is 23.0 Å². The number of benzene rings is 5. The van der Waals surface area contributed by atoms with Crippen molar-refractivity contribution in [3.05, 3.63) is 142 Å². The molecular formula is C49H54FN5O8. The summed E-state index contributed by atoms with van der Waals surface area (Å²) in [7, 11) is 6.18. The van der Waals surface area contributed by atoms with Gasteiger partial charge in [0.2, 0.25) is 0 Å². The van der Waals surface area contributed by atoms with E-state index in [0.717, 1.165) is 28.8 Å². The SMILES string of the molecule is CCc1cc(NC(=O)c2ccc(OC)c(OC)c2)ccc1C(C)(C)C#N.COc1ccc(C(=O)Nc2ccc(C(C)(C)CN)cc2)cc1OC.O=C(O)c1c[nH]c2ccc(F)cc12. The summed E-state index contributed by atoms with van der Waals surface area (Å²) in [6, 6.07) is 29.8. The third-order valence-corrected chi connectivity index (χ3v) is 10.3. The molecule has 6 N–H and O–H groups in total. The van der Waals surface area contributed by atoms with Gasteiger partial charge in [-0.3, -0.25) is 9.59 Å². The van der Waals surface area contributed by atoms with Crippen LogP contribution < -0.4 is 35.3 Å². The summed E-state index contributed by atoms with van der Waals surface area (Å²) in [5, 5.41) is 24.3. The summed E-state index contributed by atoms with van der Waals surface area (Å²) in [6.07, 6.45) is 2.13. The van der Waals surface area contributed by atoms with E-state index in [-0.39, 0.29) is 22.8 Å². The van der Waals surface area contributed by atoms with Crippen molar-refractivity contribution in [1.82, 2.24) is 4.98 Å². The predicted molar refractivity (Wildman–Crippen MR) is 243 cm³/mol. The van der Waals surface area contributed by atoms with Crippen molar-refractivity contribution in [2.45, 2.75) is 51.9 Å². The molecule has 0 unspecified atom stereocenters. The first-order valence-corrected chi connectivity index (χ1v) is 19.9. The minimum atomic E-state index is -1.06. The molecule has 0 spiro atoms. The number of rotatable bonds is 13. The quantitative estimate of drug-likeness (QED) is 0.0746. The van der Waals surface area contributed by atoms with Crippen molar-refractivity contribution < 1.29 is 42.8 Å². The molecule has 0 fully saturated rings. The summed E-state index contributed by atoms with van der Waals surface area (Å²) >= 11 is 0. The van der Waals surface area contributed by atoms with E-state index in [1.807, 2.05) is 63.2 Å². The highest BCUT2D eigenvalue weighted by Crippen LogP contribution is 2.31. The third-order valence-electron chi connectivity index (χ3n) is 10.3. The zero-order valence-electron chi connectivity index (χ0n) is 36.9. The lowest BCUT2D eigenvalue weighted by Gasteiger charge is -2.23. The molecule has 2 amide bonds. The summed E-state index contributed by atoms with van der Waals surface area (Å²) in [5.74, 6) is 0.238. The number of aromatic carboxylic acids is 1. The first-order valence-electron chi connectivity index (χ1n) is 19.9. The smallest absolute Gasteiger partial charge is 0.337 e. The summed E-state index contributed by atoms with van der Waals surface area (Å²) in [6.45, 7) is 10.6. The number of carboxylic acids is 1. The molecule has 5 aromatic carbocycles. The number of aromatic nitrogens is 1. The van der Waals surface area contributed by atoms with Crippen molar-refractivity contribution in [1.29, 1.82) is 5.26 Å². The van der Waals surface area contributed by atoms with Crippen molar-refractivity contribution in [3.8, 4) is 29.1 Å². The number of H-pyrrole nitrogens is 1. The molecule has 0 bridgehead atoms. The van der Waals surface area contributed by atoms with E-state index in [4.69, 9.17) is 29.8 Å². The van der Waals surface area contributed by atoms with E-state index in [0.29, 0.717) is 57.3 Å². The Bertz CT molecular complexity index is 2600. The molecule has 0 atom stereocenters. The van der Waals surface area contributed by atoms with Crippen LogP contribution in [-0.2, 0) is 17.3 Å². The van der Waals surface area contributed by atoms with Crippen LogP contribution in [0, 0.1) is 17.1 Å². The second-order valence-electron chi connectivity index (χ2n) is 15.4. The number of carbonyl (C=O) groups excluding carboxylic acids is 2. The van der Waals surface area contributed by atoms with Gasteiger partial charge in [0.25, 0.3) is 11.8 Å². The molecule has 0 aliphatic heterocycles. The number of aryl methyl sites for hydroxylation is 1. The lowest BCUT2D eigenvalue weighted by Crippen LogP contribution is -2.27. The van der Waals surface area contributed by atoms with Gasteiger partial charge in [-0.2, -0.15) is 5.26 Å². The Balaban J connectivity index is 0.000000218. The van der Waals surface area contributed by atoms with Gasteiger partial charge in [-0.15, -0.1) is 0 Å². The fourth-order valence-corrected chi connectivity index (χ4v) is 6.39. The molecule has 0 saturated carbocycles. The van der Waals surface area contributed by atoms with Gasteiger partial charge in [-0.05, 0) is 116 Å². The number of hydrogen-bond donors (Lipinski definition) is 5. The molecule has 14 heteroatoms. The van der Waals surface area contributed by atoms with Crippen LogP contribution in [0.2, 0.25) is 0 Å². The van der Waals surface area contributed by atoms with E-state index < -0.39 is 17.2 Å². The highest BCUT2D eigenvalue weighted by Gasteiger charge is 2.23. The number of methoxy groups -OCH3 is 4. The molecule has 0 aliphatic carbocycles. The highest BCUT2D eigenvalue weighted by molar-refractivity contribution is 6.05. The molecule has 6 rings (SSSR count). The summed E-state index contributed by atoms with van der Waals surface area (Å²) in [5.41, 5.74) is 11.4. The Morgan fingerprint density at radius 1 is 0.730 bits per heavy atom. The van der Waals surface area contributed by atoms with Gasteiger partial charge in [0, 0.05) is 51.6 Å².